The van der Waals surface area contributed by atoms with Crippen LogP contribution >= 0.6 is 0 Å². The summed E-state index contributed by atoms with van der Waals surface area (Å²) in [4.78, 5) is 4.07. The molecule has 0 radical (unpaired) electrons. The van der Waals surface area contributed by atoms with Crippen LogP contribution in [0.4, 0.5) is 0 Å². The Morgan fingerprint density at radius 1 is 1.31 bits per heavy atom. The molecule has 0 N–H and O–H groups in total. The monoisotopic (exact) mass is 218 g/mol. The van der Waals surface area contributed by atoms with Gasteiger partial charge in [-0.05, 0) is 11.6 Å². The van der Waals surface area contributed by atoms with Crippen LogP contribution in [0.1, 0.15) is 17.2 Å². The topological polar surface area (TPSA) is 52.8 Å². The van der Waals surface area contributed by atoms with Crippen molar-refractivity contribution in [3.63, 3.8) is 0 Å². The van der Waals surface area contributed by atoms with Crippen LogP contribution in [0.5, 0.6) is 0 Å². The molecular formula is C11H14N4O. The van der Waals surface area contributed by atoms with Crippen molar-refractivity contribution >= 4 is 0 Å². The van der Waals surface area contributed by atoms with E-state index in [1.807, 2.05) is 29.9 Å². The predicted octanol–water partition coefficient (Wildman–Crippen LogP) is 0.947. The first kappa shape index (κ1) is 10.8. The highest BCUT2D eigenvalue weighted by Crippen LogP contribution is 2.07. The fraction of sp³-hybridized carbons (Fsp3) is 0.364. The van der Waals surface area contributed by atoms with Gasteiger partial charge < -0.3 is 9.30 Å². The molecule has 0 aliphatic heterocycles. The van der Waals surface area contributed by atoms with Gasteiger partial charge in [-0.15, -0.1) is 10.2 Å². The average molecular weight is 218 g/mol. The van der Waals surface area contributed by atoms with Crippen molar-refractivity contribution in [3.05, 3.63) is 41.7 Å². The van der Waals surface area contributed by atoms with Gasteiger partial charge in [-0.3, -0.25) is 4.98 Å². The van der Waals surface area contributed by atoms with Gasteiger partial charge in [-0.2, -0.15) is 0 Å². The highest BCUT2D eigenvalue weighted by molar-refractivity contribution is 5.14. The Morgan fingerprint density at radius 2 is 2.12 bits per heavy atom. The summed E-state index contributed by atoms with van der Waals surface area (Å²) in [6, 6.07) is 3.94. The van der Waals surface area contributed by atoms with Crippen LogP contribution in [-0.4, -0.2) is 26.9 Å². The summed E-state index contributed by atoms with van der Waals surface area (Å²) in [7, 11) is 3.59. The van der Waals surface area contributed by atoms with Gasteiger partial charge in [-0.25, -0.2) is 0 Å². The van der Waals surface area contributed by atoms with Crippen LogP contribution in [0, 0.1) is 0 Å². The molecule has 2 aromatic heterocycles. The predicted molar refractivity (Wildman–Crippen MR) is 58.8 cm³/mol. The van der Waals surface area contributed by atoms with Gasteiger partial charge in [0.15, 0.2) is 5.82 Å². The van der Waals surface area contributed by atoms with E-state index in [2.05, 4.69) is 15.2 Å². The van der Waals surface area contributed by atoms with Crippen LogP contribution < -0.4 is 0 Å². The number of methoxy groups -OCH3 is 1. The molecule has 0 aliphatic carbocycles. The lowest BCUT2D eigenvalue weighted by Crippen LogP contribution is -2.04. The summed E-state index contributed by atoms with van der Waals surface area (Å²) in [5.41, 5.74) is 1.13. The van der Waals surface area contributed by atoms with Crippen molar-refractivity contribution in [3.8, 4) is 0 Å². The Bertz CT molecular complexity index is 452. The van der Waals surface area contributed by atoms with E-state index in [0.717, 1.165) is 23.6 Å². The quantitative estimate of drug-likeness (QED) is 0.766. The maximum absolute atomic E-state index is 5.04. The highest BCUT2D eigenvalue weighted by Gasteiger charge is 2.08. The Hall–Kier alpha value is -1.75. The molecule has 0 amide bonds. The molecule has 0 bridgehead atoms. The number of rotatable bonds is 4. The maximum atomic E-state index is 5.04. The molecule has 5 heteroatoms. The van der Waals surface area contributed by atoms with E-state index in [4.69, 9.17) is 4.74 Å². The molecule has 0 aliphatic rings. The summed E-state index contributed by atoms with van der Waals surface area (Å²) in [5.74, 6) is 1.75. The lowest BCUT2D eigenvalue weighted by Gasteiger charge is -2.02. The van der Waals surface area contributed by atoms with Gasteiger partial charge in [-0.1, -0.05) is 6.07 Å². The van der Waals surface area contributed by atoms with E-state index in [9.17, 15) is 0 Å². The first-order chi connectivity index (χ1) is 7.81. The van der Waals surface area contributed by atoms with Crippen molar-refractivity contribution in [2.45, 2.75) is 13.0 Å². The number of pyridine rings is 1. The molecule has 0 atom stereocenters. The second-order valence-corrected chi connectivity index (χ2v) is 3.56. The summed E-state index contributed by atoms with van der Waals surface area (Å²) >= 11 is 0. The van der Waals surface area contributed by atoms with E-state index < -0.39 is 0 Å². The highest BCUT2D eigenvalue weighted by atomic mass is 16.5. The largest absolute Gasteiger partial charge is 0.377 e. The van der Waals surface area contributed by atoms with Gasteiger partial charge >= 0.3 is 0 Å². The van der Waals surface area contributed by atoms with Crippen LogP contribution in [0.2, 0.25) is 0 Å². The van der Waals surface area contributed by atoms with Gasteiger partial charge in [0, 0.05) is 33.0 Å². The minimum atomic E-state index is 0.483. The Kier molecular flexibility index (Phi) is 3.26. The molecule has 84 valence electrons. The normalized spacial score (nSPS) is 10.6. The summed E-state index contributed by atoms with van der Waals surface area (Å²) in [6.45, 7) is 0.483. The smallest absolute Gasteiger partial charge is 0.158 e. The van der Waals surface area contributed by atoms with Crippen molar-refractivity contribution < 1.29 is 4.74 Å². The molecule has 0 aromatic carbocycles. The molecule has 0 spiro atoms. The third-order valence-corrected chi connectivity index (χ3v) is 2.41. The van der Waals surface area contributed by atoms with E-state index in [0.29, 0.717) is 6.61 Å². The lowest BCUT2D eigenvalue weighted by atomic mass is 10.2. The second kappa shape index (κ2) is 4.85. The van der Waals surface area contributed by atoms with Crippen LogP contribution in [0.15, 0.2) is 24.5 Å². The second-order valence-electron chi connectivity index (χ2n) is 3.56. The molecule has 16 heavy (non-hydrogen) atoms. The molecule has 2 heterocycles. The molecule has 0 saturated carbocycles. The zero-order valence-electron chi connectivity index (χ0n) is 9.42. The molecule has 0 saturated heterocycles. The third-order valence-electron chi connectivity index (χ3n) is 2.41. The SMILES string of the molecule is COCc1nnc(Cc2cccnc2)n1C. The lowest BCUT2D eigenvalue weighted by molar-refractivity contribution is 0.175. The molecule has 2 aromatic rings. The molecule has 0 unspecified atom stereocenters. The van der Waals surface area contributed by atoms with E-state index in [-0.39, 0.29) is 0 Å². The van der Waals surface area contributed by atoms with E-state index in [1.165, 1.54) is 0 Å². The summed E-state index contributed by atoms with van der Waals surface area (Å²) in [6.07, 6.45) is 4.34. The average Bonchev–Trinajstić information content (AvgIpc) is 2.64. The number of hydrogen-bond acceptors (Lipinski definition) is 4. The number of aromatic nitrogens is 4. The summed E-state index contributed by atoms with van der Waals surface area (Å²) in [5, 5.41) is 8.20. The summed E-state index contributed by atoms with van der Waals surface area (Å²) < 4.78 is 6.99. The van der Waals surface area contributed by atoms with Crippen LogP contribution in [-0.2, 0) is 24.8 Å². The maximum Gasteiger partial charge on any atom is 0.158 e. The van der Waals surface area contributed by atoms with Crippen LogP contribution in [0.25, 0.3) is 0 Å². The fourth-order valence-electron chi connectivity index (χ4n) is 1.49. The zero-order valence-corrected chi connectivity index (χ0v) is 9.42. The third kappa shape index (κ3) is 2.25. The number of nitrogens with zero attached hydrogens (tertiary/aromatic N) is 4. The van der Waals surface area contributed by atoms with Gasteiger partial charge in [0.1, 0.15) is 12.4 Å². The van der Waals surface area contributed by atoms with Crippen molar-refractivity contribution in [1.82, 2.24) is 19.7 Å². The molecular weight excluding hydrogens is 204 g/mol. The first-order valence-electron chi connectivity index (χ1n) is 5.06. The minimum absolute atomic E-state index is 0.483. The van der Waals surface area contributed by atoms with Gasteiger partial charge in [0.05, 0.1) is 0 Å². The molecule has 0 fully saturated rings. The Balaban J connectivity index is 2.16. The van der Waals surface area contributed by atoms with Crippen molar-refractivity contribution in [2.24, 2.45) is 7.05 Å². The molecule has 5 nitrogen and oxygen atoms in total. The van der Waals surface area contributed by atoms with Gasteiger partial charge in [0.25, 0.3) is 0 Å². The van der Waals surface area contributed by atoms with Crippen molar-refractivity contribution in [1.29, 1.82) is 0 Å². The minimum Gasteiger partial charge on any atom is -0.377 e. The Morgan fingerprint density at radius 3 is 2.81 bits per heavy atom. The zero-order chi connectivity index (χ0) is 11.4. The standard InChI is InChI=1S/C11H14N4O/c1-15-10(13-14-11(15)8-16-2)6-9-4-3-5-12-7-9/h3-5,7H,6,8H2,1-2H3. The van der Waals surface area contributed by atoms with E-state index in [1.54, 1.807) is 13.3 Å². The first-order valence-corrected chi connectivity index (χ1v) is 5.06. The fourth-order valence-corrected chi connectivity index (χ4v) is 1.49. The van der Waals surface area contributed by atoms with Crippen LogP contribution in [0.3, 0.4) is 0 Å². The molecule has 2 rings (SSSR count). The number of ether oxygens (including phenoxy) is 1. The van der Waals surface area contributed by atoms with E-state index >= 15 is 0 Å². The van der Waals surface area contributed by atoms with Gasteiger partial charge in [0.2, 0.25) is 0 Å². The van der Waals surface area contributed by atoms with Crippen molar-refractivity contribution in [2.75, 3.05) is 7.11 Å². The number of hydrogen-bond donors (Lipinski definition) is 0. The Labute approximate surface area is 94.1 Å².